The first-order valence-electron chi connectivity index (χ1n) is 6.05. The molecule has 2 rings (SSSR count). The van der Waals surface area contributed by atoms with Crippen molar-refractivity contribution in [3.05, 3.63) is 39.7 Å². The molecule has 0 spiro atoms. The number of alkyl halides is 1. The zero-order valence-corrected chi connectivity index (χ0v) is 10.5. The van der Waals surface area contributed by atoms with Crippen LogP contribution in [0.5, 0.6) is 0 Å². The standard InChI is InChI=1S/C12H13F2N3O3/c13-6-9-7-16(4-3-15-9)12(18)8-1-2-11(17(19)20)10(14)5-8/h1-2,5,9,15H,3-4,6-7H2. The van der Waals surface area contributed by atoms with Gasteiger partial charge in [0.2, 0.25) is 5.82 Å². The molecular weight excluding hydrogens is 272 g/mol. The van der Waals surface area contributed by atoms with Gasteiger partial charge in [0, 0.05) is 31.3 Å². The number of amides is 1. The van der Waals surface area contributed by atoms with E-state index < -0.39 is 35.1 Å². The van der Waals surface area contributed by atoms with E-state index in [0.717, 1.165) is 12.1 Å². The molecule has 1 amide bonds. The number of carbonyl (C=O) groups excluding carboxylic acids is 1. The number of nitrogens with one attached hydrogen (secondary N) is 1. The van der Waals surface area contributed by atoms with E-state index in [-0.39, 0.29) is 12.1 Å². The minimum Gasteiger partial charge on any atom is -0.336 e. The normalized spacial score (nSPS) is 18.9. The van der Waals surface area contributed by atoms with Gasteiger partial charge in [-0.2, -0.15) is 4.39 Å². The Morgan fingerprint density at radius 3 is 2.90 bits per heavy atom. The fourth-order valence-electron chi connectivity index (χ4n) is 2.08. The average molecular weight is 285 g/mol. The minimum atomic E-state index is -1.06. The lowest BCUT2D eigenvalue weighted by Crippen LogP contribution is -2.53. The van der Waals surface area contributed by atoms with Gasteiger partial charge in [0.1, 0.15) is 6.67 Å². The van der Waals surface area contributed by atoms with Gasteiger partial charge in [-0.15, -0.1) is 0 Å². The summed E-state index contributed by atoms with van der Waals surface area (Å²) in [4.78, 5) is 23.2. The maximum absolute atomic E-state index is 13.5. The molecule has 1 unspecified atom stereocenters. The Hall–Kier alpha value is -2.09. The van der Waals surface area contributed by atoms with Gasteiger partial charge in [0.05, 0.1) is 11.0 Å². The molecule has 1 atom stereocenters. The summed E-state index contributed by atoms with van der Waals surface area (Å²) < 4.78 is 26.1. The van der Waals surface area contributed by atoms with Crippen LogP contribution < -0.4 is 5.32 Å². The van der Waals surface area contributed by atoms with Gasteiger partial charge in [-0.3, -0.25) is 14.9 Å². The van der Waals surface area contributed by atoms with Crippen LogP contribution in [0.25, 0.3) is 0 Å². The van der Waals surface area contributed by atoms with Crippen LogP contribution in [-0.4, -0.2) is 48.1 Å². The molecule has 108 valence electrons. The van der Waals surface area contributed by atoms with Gasteiger partial charge in [0.25, 0.3) is 5.91 Å². The van der Waals surface area contributed by atoms with E-state index in [9.17, 15) is 23.7 Å². The number of hydrogen-bond acceptors (Lipinski definition) is 4. The first-order chi connectivity index (χ1) is 9.52. The third-order valence-corrected chi connectivity index (χ3v) is 3.12. The number of halogens is 2. The topological polar surface area (TPSA) is 75.5 Å². The number of benzene rings is 1. The fourth-order valence-corrected chi connectivity index (χ4v) is 2.08. The lowest BCUT2D eigenvalue weighted by Gasteiger charge is -2.32. The van der Waals surface area contributed by atoms with Crippen LogP contribution in [0.4, 0.5) is 14.5 Å². The first-order valence-corrected chi connectivity index (χ1v) is 6.05. The maximum Gasteiger partial charge on any atom is 0.304 e. The molecule has 0 aromatic heterocycles. The van der Waals surface area contributed by atoms with E-state index >= 15 is 0 Å². The Bertz CT molecular complexity index is 539. The number of nitro benzene ring substituents is 1. The van der Waals surface area contributed by atoms with Crippen LogP contribution in [-0.2, 0) is 0 Å². The summed E-state index contributed by atoms with van der Waals surface area (Å²) in [5.74, 6) is -1.52. The highest BCUT2D eigenvalue weighted by atomic mass is 19.1. The molecule has 1 aliphatic rings. The average Bonchev–Trinajstić information content (AvgIpc) is 2.46. The molecular formula is C12H13F2N3O3. The summed E-state index contributed by atoms with van der Waals surface area (Å²) in [5.41, 5.74) is -0.656. The van der Waals surface area contributed by atoms with E-state index in [1.165, 1.54) is 11.0 Å². The van der Waals surface area contributed by atoms with Crippen LogP contribution in [0.2, 0.25) is 0 Å². The summed E-state index contributed by atoms with van der Waals surface area (Å²) in [6, 6.07) is 2.57. The number of nitrogens with zero attached hydrogens (tertiary/aromatic N) is 2. The molecule has 0 saturated carbocycles. The molecule has 1 fully saturated rings. The largest absolute Gasteiger partial charge is 0.336 e. The zero-order chi connectivity index (χ0) is 14.7. The third-order valence-electron chi connectivity index (χ3n) is 3.12. The van der Waals surface area contributed by atoms with Crippen LogP contribution in [0.1, 0.15) is 10.4 Å². The van der Waals surface area contributed by atoms with E-state index in [0.29, 0.717) is 13.1 Å². The van der Waals surface area contributed by atoms with Crippen molar-refractivity contribution in [3.8, 4) is 0 Å². The highest BCUT2D eigenvalue weighted by molar-refractivity contribution is 5.94. The second-order valence-corrected chi connectivity index (χ2v) is 4.48. The van der Waals surface area contributed by atoms with Gasteiger partial charge in [-0.1, -0.05) is 0 Å². The zero-order valence-electron chi connectivity index (χ0n) is 10.5. The van der Waals surface area contributed by atoms with Crippen LogP contribution in [0.15, 0.2) is 18.2 Å². The summed E-state index contributed by atoms with van der Waals surface area (Å²) in [5, 5.41) is 13.4. The van der Waals surface area contributed by atoms with Crippen molar-refractivity contribution < 1.29 is 18.5 Å². The Labute approximate surface area is 113 Å². The van der Waals surface area contributed by atoms with Crippen LogP contribution in [0, 0.1) is 15.9 Å². The van der Waals surface area contributed by atoms with Crippen molar-refractivity contribution in [2.75, 3.05) is 26.3 Å². The van der Waals surface area contributed by atoms with E-state index in [1.54, 1.807) is 0 Å². The SMILES string of the molecule is O=C(c1ccc([N+](=O)[O-])c(F)c1)N1CCNC(CF)C1. The smallest absolute Gasteiger partial charge is 0.304 e. The van der Waals surface area contributed by atoms with Gasteiger partial charge in [0.15, 0.2) is 0 Å². The van der Waals surface area contributed by atoms with Crippen molar-refractivity contribution in [2.45, 2.75) is 6.04 Å². The molecule has 0 aliphatic carbocycles. The molecule has 1 saturated heterocycles. The summed E-state index contributed by atoms with van der Waals surface area (Å²) in [6.45, 7) is 0.427. The molecule has 0 radical (unpaired) electrons. The lowest BCUT2D eigenvalue weighted by atomic mass is 10.1. The van der Waals surface area contributed by atoms with Gasteiger partial charge in [-0.25, -0.2) is 4.39 Å². The second-order valence-electron chi connectivity index (χ2n) is 4.48. The van der Waals surface area contributed by atoms with Crippen LogP contribution >= 0.6 is 0 Å². The van der Waals surface area contributed by atoms with E-state index in [4.69, 9.17) is 0 Å². The van der Waals surface area contributed by atoms with E-state index in [1.807, 2.05) is 0 Å². The fraction of sp³-hybridized carbons (Fsp3) is 0.417. The molecule has 1 aromatic rings. The van der Waals surface area contributed by atoms with Crippen molar-refractivity contribution >= 4 is 11.6 Å². The Morgan fingerprint density at radius 1 is 1.55 bits per heavy atom. The minimum absolute atomic E-state index is 0.0209. The summed E-state index contributed by atoms with van der Waals surface area (Å²) in [6.07, 6.45) is 0. The second kappa shape index (κ2) is 5.91. The first kappa shape index (κ1) is 14.3. The molecule has 1 heterocycles. The number of carbonyl (C=O) groups is 1. The molecule has 1 aliphatic heterocycles. The molecule has 1 aromatic carbocycles. The monoisotopic (exact) mass is 285 g/mol. The van der Waals surface area contributed by atoms with Crippen molar-refractivity contribution in [1.82, 2.24) is 10.2 Å². The summed E-state index contributed by atoms with van der Waals surface area (Å²) >= 11 is 0. The third kappa shape index (κ3) is 2.90. The Kier molecular flexibility index (Phi) is 4.23. The number of piperazine rings is 1. The predicted molar refractivity (Wildman–Crippen MR) is 66.7 cm³/mol. The molecule has 1 N–H and O–H groups in total. The maximum atomic E-state index is 13.5. The number of rotatable bonds is 3. The Morgan fingerprint density at radius 2 is 2.30 bits per heavy atom. The highest BCUT2D eigenvalue weighted by Crippen LogP contribution is 2.19. The molecule has 8 heteroatoms. The number of hydrogen-bond donors (Lipinski definition) is 1. The van der Waals surface area contributed by atoms with Crippen molar-refractivity contribution in [3.63, 3.8) is 0 Å². The predicted octanol–water partition coefficient (Wildman–Crippen LogP) is 1.12. The lowest BCUT2D eigenvalue weighted by molar-refractivity contribution is -0.387. The summed E-state index contributed by atoms with van der Waals surface area (Å²) in [7, 11) is 0. The quantitative estimate of drug-likeness (QED) is 0.667. The van der Waals surface area contributed by atoms with Gasteiger partial charge >= 0.3 is 5.69 Å². The molecule has 6 nitrogen and oxygen atoms in total. The molecule has 0 bridgehead atoms. The van der Waals surface area contributed by atoms with Gasteiger partial charge in [-0.05, 0) is 12.1 Å². The van der Waals surface area contributed by atoms with Gasteiger partial charge < -0.3 is 10.2 Å². The highest BCUT2D eigenvalue weighted by Gasteiger charge is 2.25. The number of nitro groups is 1. The Balaban J connectivity index is 2.17. The van der Waals surface area contributed by atoms with Crippen molar-refractivity contribution in [2.24, 2.45) is 0 Å². The molecule has 20 heavy (non-hydrogen) atoms. The van der Waals surface area contributed by atoms with E-state index in [2.05, 4.69) is 5.32 Å². The van der Waals surface area contributed by atoms with Crippen molar-refractivity contribution in [1.29, 1.82) is 0 Å². The van der Waals surface area contributed by atoms with Crippen LogP contribution in [0.3, 0.4) is 0 Å².